The fraction of sp³-hybridized carbons (Fsp3) is 0.600. The second-order valence-corrected chi connectivity index (χ2v) is 2.28. The summed E-state index contributed by atoms with van der Waals surface area (Å²) in [5.41, 5.74) is 0. The van der Waals surface area contributed by atoms with E-state index < -0.39 is 6.09 Å². The van der Waals surface area contributed by atoms with Crippen molar-refractivity contribution in [2.75, 3.05) is 18.4 Å². The van der Waals surface area contributed by atoms with Crippen molar-refractivity contribution in [1.82, 2.24) is 10.6 Å². The molecule has 0 aromatic carbocycles. The number of alkyl halides is 1. The lowest BCUT2D eigenvalue weighted by Crippen LogP contribution is -2.34. The second-order valence-electron chi connectivity index (χ2n) is 1.72. The summed E-state index contributed by atoms with van der Waals surface area (Å²) < 4.78 is 0. The molecule has 0 heterocycles. The largest absolute Gasteiger partial charge is 0.465 e. The Labute approximate surface area is 72.3 Å². The van der Waals surface area contributed by atoms with Crippen molar-refractivity contribution in [3.8, 4) is 0 Å². The van der Waals surface area contributed by atoms with Crippen LogP contribution in [0.15, 0.2) is 0 Å². The van der Waals surface area contributed by atoms with Gasteiger partial charge in [-0.25, -0.2) is 4.79 Å². The van der Waals surface area contributed by atoms with Crippen LogP contribution in [0.3, 0.4) is 0 Å². The first-order valence-electron chi connectivity index (χ1n) is 2.96. The van der Waals surface area contributed by atoms with Gasteiger partial charge in [-0.3, -0.25) is 4.79 Å². The van der Waals surface area contributed by atoms with Crippen molar-refractivity contribution in [3.05, 3.63) is 0 Å². The van der Waals surface area contributed by atoms with Crippen molar-refractivity contribution in [2.24, 2.45) is 0 Å². The number of halogens is 1. The highest BCUT2D eigenvalue weighted by Crippen LogP contribution is 1.76. The van der Waals surface area contributed by atoms with E-state index in [9.17, 15) is 9.59 Å². The van der Waals surface area contributed by atoms with E-state index in [1.165, 1.54) is 0 Å². The van der Waals surface area contributed by atoms with E-state index in [-0.39, 0.29) is 17.8 Å². The third-order valence-electron chi connectivity index (χ3n) is 0.845. The van der Waals surface area contributed by atoms with Gasteiger partial charge in [0.1, 0.15) is 0 Å². The maximum absolute atomic E-state index is 10.5. The van der Waals surface area contributed by atoms with Crippen molar-refractivity contribution < 1.29 is 14.7 Å². The van der Waals surface area contributed by atoms with Gasteiger partial charge >= 0.3 is 6.09 Å². The van der Waals surface area contributed by atoms with Crippen LogP contribution in [0, 0.1) is 0 Å². The minimum Gasteiger partial charge on any atom is -0.465 e. The predicted molar refractivity (Wildman–Crippen MR) is 42.8 cm³/mol. The highest BCUT2D eigenvalue weighted by atomic mass is 79.9. The fourth-order valence-electron chi connectivity index (χ4n) is 0.419. The van der Waals surface area contributed by atoms with Crippen molar-refractivity contribution in [1.29, 1.82) is 0 Å². The Bertz CT molecular complexity index is 151. The lowest BCUT2D eigenvalue weighted by atomic mass is 10.6. The molecule has 0 saturated carbocycles. The molecule has 5 nitrogen and oxygen atoms in total. The molecule has 64 valence electrons. The van der Waals surface area contributed by atoms with Crippen LogP contribution in [0.4, 0.5) is 4.79 Å². The van der Waals surface area contributed by atoms with Crippen LogP contribution in [-0.2, 0) is 4.79 Å². The third kappa shape index (κ3) is 7.11. The summed E-state index contributed by atoms with van der Waals surface area (Å²) in [7, 11) is 0. The molecule has 0 atom stereocenters. The van der Waals surface area contributed by atoms with E-state index in [1.807, 2.05) is 0 Å². The first-order chi connectivity index (χ1) is 5.16. The Morgan fingerprint density at radius 2 is 1.82 bits per heavy atom. The van der Waals surface area contributed by atoms with Crippen LogP contribution in [0.5, 0.6) is 0 Å². The molecule has 0 aliphatic heterocycles. The summed E-state index contributed by atoms with van der Waals surface area (Å²) >= 11 is 2.95. The molecule has 2 amide bonds. The van der Waals surface area contributed by atoms with Gasteiger partial charge in [0.15, 0.2) is 0 Å². The topological polar surface area (TPSA) is 78.4 Å². The molecule has 0 fully saturated rings. The Balaban J connectivity index is 3.14. The maximum atomic E-state index is 10.5. The molecule has 0 aromatic heterocycles. The zero-order valence-electron chi connectivity index (χ0n) is 5.76. The Kier molecular flexibility index (Phi) is 5.54. The van der Waals surface area contributed by atoms with Crippen LogP contribution in [0.1, 0.15) is 0 Å². The average molecular weight is 225 g/mol. The van der Waals surface area contributed by atoms with Gasteiger partial charge in [0.2, 0.25) is 5.91 Å². The normalized spacial score (nSPS) is 8.82. The average Bonchev–Trinajstić information content (AvgIpc) is 1.97. The zero-order valence-corrected chi connectivity index (χ0v) is 7.35. The molecule has 0 aliphatic carbocycles. The molecular weight excluding hydrogens is 216 g/mol. The van der Waals surface area contributed by atoms with E-state index in [0.717, 1.165) is 0 Å². The number of hydrogen-bond donors (Lipinski definition) is 3. The maximum Gasteiger partial charge on any atom is 0.404 e. The van der Waals surface area contributed by atoms with Crippen molar-refractivity contribution in [2.45, 2.75) is 0 Å². The third-order valence-corrected chi connectivity index (χ3v) is 1.35. The molecule has 0 aromatic rings. The monoisotopic (exact) mass is 224 g/mol. The van der Waals surface area contributed by atoms with Gasteiger partial charge in [-0.15, -0.1) is 0 Å². The van der Waals surface area contributed by atoms with Crippen LogP contribution in [-0.4, -0.2) is 35.5 Å². The van der Waals surface area contributed by atoms with E-state index in [4.69, 9.17) is 5.11 Å². The summed E-state index contributed by atoms with van der Waals surface area (Å²) in [5.74, 6) is -0.155. The van der Waals surface area contributed by atoms with Gasteiger partial charge in [0, 0.05) is 13.1 Å². The summed E-state index contributed by atoms with van der Waals surface area (Å²) in [6.07, 6.45) is -1.09. The number of carboxylic acid groups (broad SMARTS) is 1. The number of nitrogens with one attached hydrogen (secondary N) is 2. The van der Waals surface area contributed by atoms with E-state index >= 15 is 0 Å². The van der Waals surface area contributed by atoms with E-state index in [0.29, 0.717) is 6.54 Å². The van der Waals surface area contributed by atoms with Crippen molar-refractivity contribution >= 4 is 27.9 Å². The lowest BCUT2D eigenvalue weighted by Gasteiger charge is -2.01. The highest BCUT2D eigenvalue weighted by molar-refractivity contribution is 9.09. The summed E-state index contributed by atoms with van der Waals surface area (Å²) in [6, 6.07) is 0. The number of hydrogen-bond acceptors (Lipinski definition) is 2. The quantitative estimate of drug-likeness (QED) is 0.456. The summed E-state index contributed by atoms with van der Waals surface area (Å²) in [6.45, 7) is 0.546. The van der Waals surface area contributed by atoms with Crippen LogP contribution in [0.2, 0.25) is 0 Å². The zero-order chi connectivity index (χ0) is 8.69. The molecule has 0 bridgehead atoms. The van der Waals surface area contributed by atoms with Gasteiger partial charge < -0.3 is 15.7 Å². The molecular formula is C5H9BrN2O3. The highest BCUT2D eigenvalue weighted by Gasteiger charge is 1.96. The van der Waals surface area contributed by atoms with Gasteiger partial charge in [0.25, 0.3) is 0 Å². The standard InChI is InChI=1S/C5H9BrN2O3/c6-3-4(9)7-1-2-8-5(10)11/h8H,1-3H2,(H,7,9)(H,10,11). The van der Waals surface area contributed by atoms with Gasteiger partial charge in [-0.2, -0.15) is 0 Å². The molecule has 0 radical (unpaired) electrons. The second kappa shape index (κ2) is 5.96. The smallest absolute Gasteiger partial charge is 0.404 e. The van der Waals surface area contributed by atoms with Gasteiger partial charge in [0.05, 0.1) is 5.33 Å². The molecule has 3 N–H and O–H groups in total. The number of rotatable bonds is 4. The van der Waals surface area contributed by atoms with Gasteiger partial charge in [-0.1, -0.05) is 15.9 Å². The number of carbonyl (C=O) groups excluding carboxylic acids is 1. The number of carbonyl (C=O) groups is 2. The predicted octanol–water partition coefficient (Wildman–Crippen LogP) is -0.235. The Morgan fingerprint density at radius 1 is 1.27 bits per heavy atom. The summed E-state index contributed by atoms with van der Waals surface area (Å²) in [5, 5.41) is 12.9. The fourth-order valence-corrected chi connectivity index (χ4v) is 0.617. The van der Waals surface area contributed by atoms with E-state index in [1.54, 1.807) is 0 Å². The number of amides is 2. The molecule has 6 heteroatoms. The van der Waals surface area contributed by atoms with Crippen LogP contribution >= 0.6 is 15.9 Å². The Hall–Kier alpha value is -0.780. The molecule has 0 unspecified atom stereocenters. The molecule has 0 spiro atoms. The molecule has 0 aliphatic rings. The minimum atomic E-state index is -1.09. The molecule has 0 saturated heterocycles. The van der Waals surface area contributed by atoms with E-state index in [2.05, 4.69) is 26.6 Å². The van der Waals surface area contributed by atoms with Crippen LogP contribution in [0.25, 0.3) is 0 Å². The molecule has 0 rings (SSSR count). The first kappa shape index (κ1) is 10.2. The lowest BCUT2D eigenvalue weighted by molar-refractivity contribution is -0.118. The van der Waals surface area contributed by atoms with Crippen molar-refractivity contribution in [3.63, 3.8) is 0 Å². The summed E-state index contributed by atoms with van der Waals surface area (Å²) in [4.78, 5) is 20.4. The Morgan fingerprint density at radius 3 is 2.27 bits per heavy atom. The van der Waals surface area contributed by atoms with Gasteiger partial charge in [-0.05, 0) is 0 Å². The van der Waals surface area contributed by atoms with Crippen LogP contribution < -0.4 is 10.6 Å². The first-order valence-corrected chi connectivity index (χ1v) is 4.08. The minimum absolute atomic E-state index is 0.155. The SMILES string of the molecule is O=C(O)NCCNC(=O)CBr. The molecule has 11 heavy (non-hydrogen) atoms.